The third-order valence-electron chi connectivity index (χ3n) is 3.86. The highest BCUT2D eigenvalue weighted by Gasteiger charge is 2.21. The number of hydrogen-bond donors (Lipinski definition) is 1. The predicted octanol–water partition coefficient (Wildman–Crippen LogP) is 3.28. The second-order valence-corrected chi connectivity index (χ2v) is 6.12. The van der Waals surface area contributed by atoms with Gasteiger partial charge in [0.1, 0.15) is 0 Å². The predicted molar refractivity (Wildman–Crippen MR) is 76.4 cm³/mol. The largest absolute Gasteiger partial charge is 0.313 e. The lowest BCUT2D eigenvalue weighted by Gasteiger charge is -2.30. The van der Waals surface area contributed by atoms with Crippen LogP contribution in [0.3, 0.4) is 0 Å². The maximum absolute atomic E-state index is 3.71. The molecule has 0 aliphatic carbocycles. The van der Waals surface area contributed by atoms with E-state index in [0.717, 1.165) is 12.0 Å². The third kappa shape index (κ3) is 5.87. The number of nitrogens with zero attached hydrogens (tertiary/aromatic N) is 1. The number of hydrogen-bond acceptors (Lipinski definition) is 2. The van der Waals surface area contributed by atoms with Gasteiger partial charge in [0.05, 0.1) is 0 Å². The van der Waals surface area contributed by atoms with Gasteiger partial charge >= 0.3 is 0 Å². The highest BCUT2D eigenvalue weighted by molar-refractivity contribution is 4.80. The Kier molecular flexibility index (Phi) is 7.14. The van der Waals surface area contributed by atoms with Gasteiger partial charge in [0.25, 0.3) is 0 Å². The summed E-state index contributed by atoms with van der Waals surface area (Å²) in [4.78, 5) is 2.71. The molecule has 0 spiro atoms. The van der Waals surface area contributed by atoms with Gasteiger partial charge in [-0.3, -0.25) is 4.90 Å². The normalized spacial score (nSPS) is 24.9. The van der Waals surface area contributed by atoms with Crippen LogP contribution in [-0.4, -0.2) is 36.6 Å². The maximum atomic E-state index is 3.71. The highest BCUT2D eigenvalue weighted by atomic mass is 15.2. The summed E-state index contributed by atoms with van der Waals surface area (Å²) in [7, 11) is 0. The van der Waals surface area contributed by atoms with Crippen LogP contribution in [0, 0.1) is 5.92 Å². The van der Waals surface area contributed by atoms with E-state index >= 15 is 0 Å². The van der Waals surface area contributed by atoms with E-state index in [1.165, 1.54) is 51.7 Å². The number of nitrogens with one attached hydrogen (secondary N) is 1. The number of rotatable bonds is 6. The van der Waals surface area contributed by atoms with Crippen molar-refractivity contribution in [3.05, 3.63) is 0 Å². The lowest BCUT2D eigenvalue weighted by Crippen LogP contribution is -2.42. The summed E-state index contributed by atoms with van der Waals surface area (Å²) >= 11 is 0. The summed E-state index contributed by atoms with van der Waals surface area (Å²) in [6, 6.07) is 1.48. The molecule has 1 aliphatic heterocycles. The van der Waals surface area contributed by atoms with E-state index < -0.39 is 0 Å². The van der Waals surface area contributed by atoms with Gasteiger partial charge in [-0.1, -0.05) is 33.6 Å². The average Bonchev–Trinajstić information content (AvgIpc) is 2.50. The molecule has 0 aromatic heterocycles. The van der Waals surface area contributed by atoms with Gasteiger partial charge in [0.15, 0.2) is 0 Å². The summed E-state index contributed by atoms with van der Waals surface area (Å²) in [6.07, 6.45) is 6.69. The topological polar surface area (TPSA) is 15.3 Å². The van der Waals surface area contributed by atoms with Crippen LogP contribution in [-0.2, 0) is 0 Å². The van der Waals surface area contributed by atoms with E-state index in [1.807, 2.05) is 0 Å². The molecular formula is C15H32N2. The first-order chi connectivity index (χ1) is 8.13. The molecular weight excluding hydrogens is 208 g/mol. The molecule has 0 saturated carbocycles. The van der Waals surface area contributed by atoms with Crippen LogP contribution in [0.25, 0.3) is 0 Å². The maximum Gasteiger partial charge on any atom is 0.0197 e. The van der Waals surface area contributed by atoms with Crippen LogP contribution < -0.4 is 5.32 Å². The van der Waals surface area contributed by atoms with Crippen molar-refractivity contribution < 1.29 is 0 Å². The summed E-state index contributed by atoms with van der Waals surface area (Å²) in [5.41, 5.74) is 0. The molecule has 0 bridgehead atoms. The van der Waals surface area contributed by atoms with Crippen molar-refractivity contribution in [2.24, 2.45) is 5.92 Å². The van der Waals surface area contributed by atoms with Crippen LogP contribution in [0.2, 0.25) is 0 Å². The smallest absolute Gasteiger partial charge is 0.0197 e. The first-order valence-corrected chi connectivity index (χ1v) is 7.61. The number of unbranched alkanes of at least 4 members (excludes halogenated alkanes) is 1. The summed E-state index contributed by atoms with van der Waals surface area (Å²) < 4.78 is 0. The van der Waals surface area contributed by atoms with Crippen molar-refractivity contribution in [3.63, 3.8) is 0 Å². The van der Waals surface area contributed by atoms with E-state index in [0.29, 0.717) is 6.04 Å². The molecule has 2 nitrogen and oxygen atoms in total. The molecule has 1 rings (SSSR count). The molecule has 1 heterocycles. The molecule has 0 radical (unpaired) electrons. The van der Waals surface area contributed by atoms with Crippen LogP contribution in [0.4, 0.5) is 0 Å². The Bertz CT molecular complexity index is 191. The first-order valence-electron chi connectivity index (χ1n) is 7.61. The standard InChI is InChI=1S/C15H32N2/c1-5-6-8-14(4)17-10-7-9-16-15(12-17)11-13(2)3/h13-16H,5-12H2,1-4H3. The SMILES string of the molecule is CCCCC(C)N1CCCNC(CC(C)C)C1. The van der Waals surface area contributed by atoms with Gasteiger partial charge in [0, 0.05) is 18.6 Å². The van der Waals surface area contributed by atoms with E-state index in [9.17, 15) is 0 Å². The van der Waals surface area contributed by atoms with Gasteiger partial charge in [-0.2, -0.15) is 0 Å². The van der Waals surface area contributed by atoms with Crippen molar-refractivity contribution in [2.75, 3.05) is 19.6 Å². The van der Waals surface area contributed by atoms with Gasteiger partial charge in [-0.25, -0.2) is 0 Å². The van der Waals surface area contributed by atoms with E-state index in [1.54, 1.807) is 0 Å². The minimum atomic E-state index is 0.710. The van der Waals surface area contributed by atoms with Crippen molar-refractivity contribution in [2.45, 2.75) is 71.9 Å². The van der Waals surface area contributed by atoms with Crippen molar-refractivity contribution in [1.82, 2.24) is 10.2 Å². The monoisotopic (exact) mass is 240 g/mol. The van der Waals surface area contributed by atoms with Crippen LogP contribution in [0.15, 0.2) is 0 Å². The van der Waals surface area contributed by atoms with Crippen LogP contribution in [0.5, 0.6) is 0 Å². The molecule has 1 N–H and O–H groups in total. The van der Waals surface area contributed by atoms with Gasteiger partial charge in [-0.15, -0.1) is 0 Å². The Hall–Kier alpha value is -0.0800. The molecule has 2 heteroatoms. The molecule has 0 aromatic rings. The fourth-order valence-corrected chi connectivity index (χ4v) is 2.84. The van der Waals surface area contributed by atoms with E-state index in [2.05, 4.69) is 37.9 Å². The van der Waals surface area contributed by atoms with E-state index in [-0.39, 0.29) is 0 Å². The highest BCUT2D eigenvalue weighted by Crippen LogP contribution is 2.15. The fraction of sp³-hybridized carbons (Fsp3) is 1.00. The summed E-state index contributed by atoms with van der Waals surface area (Å²) in [5.74, 6) is 0.804. The van der Waals surface area contributed by atoms with E-state index in [4.69, 9.17) is 0 Å². The first kappa shape index (κ1) is 15.0. The van der Waals surface area contributed by atoms with Crippen molar-refractivity contribution in [3.8, 4) is 0 Å². The second-order valence-electron chi connectivity index (χ2n) is 6.12. The summed E-state index contributed by atoms with van der Waals surface area (Å²) in [5, 5.41) is 3.71. The lowest BCUT2D eigenvalue weighted by atomic mass is 10.0. The van der Waals surface area contributed by atoms with Gasteiger partial charge < -0.3 is 5.32 Å². The van der Waals surface area contributed by atoms with Crippen LogP contribution >= 0.6 is 0 Å². The van der Waals surface area contributed by atoms with Gasteiger partial charge in [-0.05, 0) is 45.2 Å². The minimum Gasteiger partial charge on any atom is -0.313 e. The quantitative estimate of drug-likeness (QED) is 0.766. The zero-order valence-corrected chi connectivity index (χ0v) is 12.3. The summed E-state index contributed by atoms with van der Waals surface area (Å²) in [6.45, 7) is 13.1. The minimum absolute atomic E-state index is 0.710. The molecule has 1 saturated heterocycles. The Morgan fingerprint density at radius 3 is 2.71 bits per heavy atom. The Labute approximate surface area is 108 Å². The molecule has 0 aromatic carbocycles. The third-order valence-corrected chi connectivity index (χ3v) is 3.86. The van der Waals surface area contributed by atoms with Crippen molar-refractivity contribution in [1.29, 1.82) is 0 Å². The Morgan fingerprint density at radius 2 is 2.06 bits per heavy atom. The Balaban J connectivity index is 2.41. The van der Waals surface area contributed by atoms with Crippen molar-refractivity contribution >= 4 is 0 Å². The second kappa shape index (κ2) is 8.10. The molecule has 2 unspecified atom stereocenters. The average molecular weight is 240 g/mol. The Morgan fingerprint density at radius 1 is 1.29 bits per heavy atom. The van der Waals surface area contributed by atoms with Crippen LogP contribution in [0.1, 0.15) is 59.8 Å². The zero-order valence-electron chi connectivity index (χ0n) is 12.3. The molecule has 1 fully saturated rings. The molecule has 102 valence electrons. The fourth-order valence-electron chi connectivity index (χ4n) is 2.84. The molecule has 0 amide bonds. The lowest BCUT2D eigenvalue weighted by molar-refractivity contribution is 0.187. The van der Waals surface area contributed by atoms with Gasteiger partial charge in [0.2, 0.25) is 0 Å². The molecule has 1 aliphatic rings. The molecule has 17 heavy (non-hydrogen) atoms. The molecule has 2 atom stereocenters. The zero-order chi connectivity index (χ0) is 12.7.